The second-order valence-electron chi connectivity index (χ2n) is 2.98. The van der Waals surface area contributed by atoms with E-state index in [1.807, 2.05) is 6.92 Å². The normalized spacial score (nSPS) is 11.8. The number of carbonyl (C=O) groups is 1. The molecule has 0 N–H and O–H groups in total. The van der Waals surface area contributed by atoms with Crippen LogP contribution in [0.1, 0.15) is 45.4 Å². The summed E-state index contributed by atoms with van der Waals surface area (Å²) in [6, 6.07) is 0. The third-order valence-corrected chi connectivity index (χ3v) is 1.84. The van der Waals surface area contributed by atoms with E-state index in [1.165, 1.54) is 0 Å². The zero-order valence-electron chi connectivity index (χ0n) is 8.51. The Morgan fingerprint density at radius 3 is 2.46 bits per heavy atom. The van der Waals surface area contributed by atoms with Crippen LogP contribution in [0.2, 0.25) is 0 Å². The minimum absolute atomic E-state index is 0. The minimum Gasteiger partial charge on any atom is -0.550 e. The molecule has 0 aromatic heterocycles. The second-order valence-corrected chi connectivity index (χ2v) is 2.98. The molecular formula is C9H16FNaO2. The molecule has 2 nitrogen and oxygen atoms in total. The van der Waals surface area contributed by atoms with Crippen LogP contribution in [-0.4, -0.2) is 12.1 Å². The zero-order chi connectivity index (χ0) is 9.40. The molecule has 13 heavy (non-hydrogen) atoms. The van der Waals surface area contributed by atoms with Crippen LogP contribution in [0.4, 0.5) is 4.39 Å². The van der Waals surface area contributed by atoms with E-state index in [2.05, 4.69) is 0 Å². The van der Waals surface area contributed by atoms with Crippen molar-refractivity contribution in [2.75, 3.05) is 0 Å². The van der Waals surface area contributed by atoms with E-state index < -0.39 is 12.1 Å². The number of hydrogen-bond acceptors (Lipinski definition) is 2. The van der Waals surface area contributed by atoms with Crippen molar-refractivity contribution >= 4 is 5.97 Å². The standard InChI is InChI=1S/C9H17FO2.Na/c1-2-8(10)6-4-3-5-7-9(11)12;/h8H,2-7H2,1H3,(H,11,12);/q;+1/p-1. The molecule has 0 aliphatic rings. The van der Waals surface area contributed by atoms with Gasteiger partial charge in [-0.05, 0) is 25.7 Å². The number of halogens is 1. The Hall–Kier alpha value is 0.400. The van der Waals surface area contributed by atoms with Crippen molar-refractivity contribution in [3.63, 3.8) is 0 Å². The van der Waals surface area contributed by atoms with Gasteiger partial charge in [0.15, 0.2) is 0 Å². The number of alkyl halides is 1. The Morgan fingerprint density at radius 1 is 1.38 bits per heavy atom. The van der Waals surface area contributed by atoms with Gasteiger partial charge in [0, 0.05) is 5.97 Å². The van der Waals surface area contributed by atoms with Gasteiger partial charge in [0.2, 0.25) is 0 Å². The fraction of sp³-hybridized carbons (Fsp3) is 0.889. The molecule has 0 aliphatic carbocycles. The fourth-order valence-corrected chi connectivity index (χ4v) is 1.02. The number of carboxylic acid groups (broad SMARTS) is 1. The molecule has 0 aromatic carbocycles. The first-order chi connectivity index (χ1) is 5.66. The predicted octanol–water partition coefficient (Wildman–Crippen LogP) is -1.56. The topological polar surface area (TPSA) is 40.1 Å². The van der Waals surface area contributed by atoms with E-state index in [0.29, 0.717) is 19.3 Å². The largest absolute Gasteiger partial charge is 1.00 e. The molecule has 0 saturated carbocycles. The SMILES string of the molecule is CCC(F)CCCCCC(=O)[O-].[Na+]. The number of hydrogen-bond donors (Lipinski definition) is 0. The van der Waals surface area contributed by atoms with Crippen molar-refractivity contribution in [1.29, 1.82) is 0 Å². The summed E-state index contributed by atoms with van der Waals surface area (Å²) in [7, 11) is 0. The molecule has 0 saturated heterocycles. The third-order valence-electron chi connectivity index (χ3n) is 1.84. The van der Waals surface area contributed by atoms with E-state index in [0.717, 1.165) is 12.8 Å². The van der Waals surface area contributed by atoms with Gasteiger partial charge >= 0.3 is 29.6 Å². The van der Waals surface area contributed by atoms with E-state index in [1.54, 1.807) is 0 Å². The van der Waals surface area contributed by atoms with Crippen LogP contribution >= 0.6 is 0 Å². The molecular weight excluding hydrogens is 182 g/mol. The van der Waals surface area contributed by atoms with Gasteiger partial charge in [-0.2, -0.15) is 0 Å². The molecule has 0 bridgehead atoms. The molecule has 0 amide bonds. The first-order valence-corrected chi connectivity index (χ1v) is 4.50. The molecule has 0 aromatic rings. The fourth-order valence-electron chi connectivity index (χ4n) is 1.02. The Kier molecular flexibility index (Phi) is 12.8. The monoisotopic (exact) mass is 198 g/mol. The number of aliphatic carboxylic acids is 1. The van der Waals surface area contributed by atoms with Crippen molar-refractivity contribution in [3.05, 3.63) is 0 Å². The summed E-state index contributed by atoms with van der Waals surface area (Å²) in [6.07, 6.45) is 2.68. The van der Waals surface area contributed by atoms with Crippen LogP contribution in [0.3, 0.4) is 0 Å². The maximum atomic E-state index is 12.6. The van der Waals surface area contributed by atoms with Gasteiger partial charge in [-0.25, -0.2) is 4.39 Å². The van der Waals surface area contributed by atoms with Crippen LogP contribution < -0.4 is 34.7 Å². The van der Waals surface area contributed by atoms with Gasteiger partial charge in [0.05, 0.1) is 6.17 Å². The Bertz CT molecular complexity index is 131. The number of carboxylic acids is 1. The summed E-state index contributed by atoms with van der Waals surface area (Å²) in [5, 5.41) is 9.97. The van der Waals surface area contributed by atoms with Gasteiger partial charge < -0.3 is 9.90 Å². The summed E-state index contributed by atoms with van der Waals surface area (Å²) in [4.78, 5) is 9.97. The Morgan fingerprint density at radius 2 is 2.00 bits per heavy atom. The van der Waals surface area contributed by atoms with E-state index in [4.69, 9.17) is 0 Å². The molecule has 0 aliphatic heterocycles. The van der Waals surface area contributed by atoms with Gasteiger partial charge in [-0.15, -0.1) is 0 Å². The number of rotatable bonds is 7. The van der Waals surface area contributed by atoms with Crippen LogP contribution in [-0.2, 0) is 4.79 Å². The average Bonchev–Trinajstić information content (AvgIpc) is 2.03. The quantitative estimate of drug-likeness (QED) is 0.366. The van der Waals surface area contributed by atoms with Crippen molar-refractivity contribution < 1.29 is 43.8 Å². The predicted molar refractivity (Wildman–Crippen MR) is 43.3 cm³/mol. The molecule has 1 unspecified atom stereocenters. The van der Waals surface area contributed by atoms with Gasteiger partial charge in [-0.1, -0.05) is 19.8 Å². The average molecular weight is 198 g/mol. The van der Waals surface area contributed by atoms with Gasteiger partial charge in [0.25, 0.3) is 0 Å². The van der Waals surface area contributed by atoms with Gasteiger partial charge in [0.1, 0.15) is 0 Å². The number of unbranched alkanes of at least 4 members (excludes halogenated alkanes) is 2. The molecule has 0 spiro atoms. The Labute approximate surface area is 101 Å². The molecule has 1 atom stereocenters. The summed E-state index contributed by atoms with van der Waals surface area (Å²) in [6.45, 7) is 1.81. The summed E-state index contributed by atoms with van der Waals surface area (Å²) < 4.78 is 12.6. The third kappa shape index (κ3) is 12.4. The molecule has 4 heteroatoms. The van der Waals surface area contributed by atoms with Crippen molar-refractivity contribution in [1.82, 2.24) is 0 Å². The second kappa shape index (κ2) is 10.5. The summed E-state index contributed by atoms with van der Waals surface area (Å²) >= 11 is 0. The molecule has 0 fully saturated rings. The van der Waals surface area contributed by atoms with Crippen molar-refractivity contribution in [2.24, 2.45) is 0 Å². The molecule has 0 radical (unpaired) electrons. The van der Waals surface area contributed by atoms with Crippen molar-refractivity contribution in [2.45, 2.75) is 51.6 Å². The van der Waals surface area contributed by atoms with Crippen LogP contribution in [0.25, 0.3) is 0 Å². The first-order valence-electron chi connectivity index (χ1n) is 4.50. The van der Waals surface area contributed by atoms with Gasteiger partial charge in [-0.3, -0.25) is 0 Å². The van der Waals surface area contributed by atoms with Crippen LogP contribution in [0, 0.1) is 0 Å². The van der Waals surface area contributed by atoms with Crippen molar-refractivity contribution in [3.8, 4) is 0 Å². The zero-order valence-corrected chi connectivity index (χ0v) is 10.5. The first kappa shape index (κ1) is 15.9. The van der Waals surface area contributed by atoms with E-state index >= 15 is 0 Å². The molecule has 0 heterocycles. The van der Waals surface area contributed by atoms with Crippen LogP contribution in [0.5, 0.6) is 0 Å². The van der Waals surface area contributed by atoms with E-state index in [9.17, 15) is 14.3 Å². The molecule has 0 rings (SSSR count). The van der Waals surface area contributed by atoms with Crippen LogP contribution in [0.15, 0.2) is 0 Å². The molecule has 72 valence electrons. The Balaban J connectivity index is 0. The summed E-state index contributed by atoms with van der Waals surface area (Å²) in [5.41, 5.74) is 0. The maximum absolute atomic E-state index is 12.6. The number of carbonyl (C=O) groups excluding carboxylic acids is 1. The van der Waals surface area contributed by atoms with E-state index in [-0.39, 0.29) is 36.0 Å². The minimum atomic E-state index is -1.01. The summed E-state index contributed by atoms with van der Waals surface area (Å²) in [5.74, 6) is -1.01. The maximum Gasteiger partial charge on any atom is 1.00 e. The smallest absolute Gasteiger partial charge is 0.550 e.